The molecule has 0 fully saturated rings. The number of ketones is 4. The lowest BCUT2D eigenvalue weighted by atomic mass is 9.58. The standard InChI is InChI=1S/C43H61BN4O11/c1-7-8-9-29-10-12-30(13-11-29)31-14-16-32(17-15-31)36(52)22-33(24-49)43(58)46-27(4)35(51)18-19-40(56)48-41(28(5)50)38(54)20-25(2)42(57)47-34(23-39(45)55)37(53)21-26(3)44(6)59/h10-17,25-28,33-34,41,49-50,59H,7-9,18-24H2,1-6H3,(H2,45,55)(H,46,58)(H,47,57)(H,48,56)/t25-,26-,27-,28?,33-,34+,41+/m1/s1. The molecule has 2 aromatic rings. The highest BCUT2D eigenvalue weighted by Gasteiger charge is 2.32. The highest BCUT2D eigenvalue weighted by atomic mass is 16.3. The van der Waals surface area contributed by atoms with Crippen LogP contribution >= 0.6 is 0 Å². The summed E-state index contributed by atoms with van der Waals surface area (Å²) in [6, 6.07) is 11.4. The van der Waals surface area contributed by atoms with Crippen LogP contribution in [0.3, 0.4) is 0 Å². The number of aliphatic hydroxyl groups excluding tert-OH is 2. The lowest BCUT2D eigenvalue weighted by Crippen LogP contribution is -2.50. The van der Waals surface area contributed by atoms with Gasteiger partial charge in [0.2, 0.25) is 23.6 Å². The van der Waals surface area contributed by atoms with Gasteiger partial charge in [0.25, 0.3) is 6.92 Å². The fourth-order valence-corrected chi connectivity index (χ4v) is 6.17. The van der Waals surface area contributed by atoms with Crippen molar-refractivity contribution < 1.29 is 53.6 Å². The van der Waals surface area contributed by atoms with Gasteiger partial charge < -0.3 is 36.9 Å². The van der Waals surface area contributed by atoms with E-state index < -0.39 is 116 Å². The number of amides is 4. The number of carbonyl (C=O) groups is 8. The van der Waals surface area contributed by atoms with Crippen molar-refractivity contribution in [2.24, 2.45) is 17.6 Å². The molecule has 2 rings (SSSR count). The summed E-state index contributed by atoms with van der Waals surface area (Å²) in [5.41, 5.74) is 8.80. The number of aliphatic hydroxyl groups is 2. The van der Waals surface area contributed by atoms with Gasteiger partial charge in [-0.2, -0.15) is 0 Å². The van der Waals surface area contributed by atoms with E-state index in [-0.39, 0.29) is 25.0 Å². The quantitative estimate of drug-likeness (QED) is 0.0509. The maximum atomic E-state index is 13.1. The number of benzene rings is 2. The van der Waals surface area contributed by atoms with E-state index in [4.69, 9.17) is 5.73 Å². The van der Waals surface area contributed by atoms with Crippen LogP contribution in [-0.4, -0.2) is 99.8 Å². The molecule has 0 heterocycles. The molecule has 0 radical (unpaired) electrons. The van der Waals surface area contributed by atoms with E-state index in [1.165, 1.54) is 33.2 Å². The molecule has 0 bridgehead atoms. The second-order valence-corrected chi connectivity index (χ2v) is 15.6. The van der Waals surface area contributed by atoms with Crippen LogP contribution in [0.2, 0.25) is 12.6 Å². The molecule has 2 aromatic carbocycles. The van der Waals surface area contributed by atoms with E-state index in [1.54, 1.807) is 19.1 Å². The number of rotatable bonds is 27. The van der Waals surface area contributed by atoms with Crippen molar-refractivity contribution >= 4 is 53.7 Å². The van der Waals surface area contributed by atoms with Gasteiger partial charge >= 0.3 is 0 Å². The number of hydrogen-bond donors (Lipinski definition) is 7. The number of aryl methyl sites for hydroxylation is 1. The Hall–Kier alpha value is -5.06. The van der Waals surface area contributed by atoms with Crippen LogP contribution in [-0.2, 0) is 40.0 Å². The number of nitrogens with one attached hydrogen (secondary N) is 3. The van der Waals surface area contributed by atoms with Crippen molar-refractivity contribution in [3.63, 3.8) is 0 Å². The molecule has 0 aliphatic heterocycles. The highest BCUT2D eigenvalue weighted by molar-refractivity contribution is 6.50. The molecule has 0 aliphatic rings. The van der Waals surface area contributed by atoms with E-state index in [0.29, 0.717) is 5.56 Å². The largest absolute Gasteiger partial charge is 0.450 e. The Balaban J connectivity index is 1.90. The third-order valence-electron chi connectivity index (χ3n) is 10.3. The number of hydrogen-bond acceptors (Lipinski definition) is 11. The molecule has 7 atom stereocenters. The van der Waals surface area contributed by atoms with Gasteiger partial charge in [-0.3, -0.25) is 38.4 Å². The third-order valence-corrected chi connectivity index (χ3v) is 10.3. The minimum Gasteiger partial charge on any atom is -0.450 e. The van der Waals surface area contributed by atoms with Crippen LogP contribution in [0.1, 0.15) is 102 Å². The lowest BCUT2D eigenvalue weighted by Gasteiger charge is -2.23. The summed E-state index contributed by atoms with van der Waals surface area (Å²) in [6.45, 7) is 7.85. The number of Topliss-reactive ketones (excluding diaryl/α,β-unsaturated/α-hetero) is 4. The Bertz CT molecular complexity index is 1770. The zero-order valence-electron chi connectivity index (χ0n) is 35.0. The highest BCUT2D eigenvalue weighted by Crippen LogP contribution is 2.22. The molecule has 322 valence electrons. The molecular formula is C43H61BN4O11. The maximum Gasteiger partial charge on any atom is 0.289 e. The van der Waals surface area contributed by atoms with Crippen molar-refractivity contribution in [1.29, 1.82) is 0 Å². The van der Waals surface area contributed by atoms with Crippen LogP contribution in [0.25, 0.3) is 11.1 Å². The second kappa shape index (κ2) is 24.8. The molecular weight excluding hydrogens is 759 g/mol. The number of carbonyl (C=O) groups excluding carboxylic acids is 8. The zero-order valence-corrected chi connectivity index (χ0v) is 35.0. The van der Waals surface area contributed by atoms with Crippen molar-refractivity contribution in [1.82, 2.24) is 16.0 Å². The topological polar surface area (TPSA) is 259 Å². The van der Waals surface area contributed by atoms with Gasteiger partial charge in [0.1, 0.15) is 6.04 Å². The lowest BCUT2D eigenvalue weighted by molar-refractivity contribution is -0.135. The van der Waals surface area contributed by atoms with E-state index >= 15 is 0 Å². The van der Waals surface area contributed by atoms with Crippen molar-refractivity contribution in [3.05, 3.63) is 59.7 Å². The Morgan fingerprint density at radius 1 is 0.729 bits per heavy atom. The SMILES string of the molecule is CCCCc1ccc(-c2ccc(C(=O)C[C@H](CO)C(=O)N[C@H](C)C(=O)CCC(=O)N[C@H](C(=O)C[C@@H](C)C(=O)N[C@@H](CC(N)=O)C(=O)C[C@@H](C)B(C)O)C(C)O)cc2)cc1. The van der Waals surface area contributed by atoms with Crippen molar-refractivity contribution in [3.8, 4) is 11.1 Å². The summed E-state index contributed by atoms with van der Waals surface area (Å²) in [6.07, 6.45) is -0.290. The molecule has 1 unspecified atom stereocenters. The van der Waals surface area contributed by atoms with Gasteiger partial charge in [-0.05, 0) is 49.2 Å². The van der Waals surface area contributed by atoms with E-state index in [9.17, 15) is 53.6 Å². The molecule has 16 heteroatoms. The van der Waals surface area contributed by atoms with Crippen LogP contribution < -0.4 is 21.7 Å². The van der Waals surface area contributed by atoms with Crippen LogP contribution in [0.4, 0.5) is 0 Å². The Kier molecular flexibility index (Phi) is 21.0. The van der Waals surface area contributed by atoms with E-state index in [0.717, 1.165) is 30.4 Å². The summed E-state index contributed by atoms with van der Waals surface area (Å²) >= 11 is 0. The maximum absolute atomic E-state index is 13.1. The van der Waals surface area contributed by atoms with Crippen LogP contribution in [0, 0.1) is 11.8 Å². The van der Waals surface area contributed by atoms with Gasteiger partial charge in [0.05, 0.1) is 37.1 Å². The first-order chi connectivity index (χ1) is 27.8. The van der Waals surface area contributed by atoms with Crippen LogP contribution in [0.5, 0.6) is 0 Å². The van der Waals surface area contributed by atoms with Gasteiger partial charge in [-0.15, -0.1) is 0 Å². The monoisotopic (exact) mass is 820 g/mol. The fraction of sp³-hybridized carbons (Fsp3) is 0.535. The number of primary amides is 1. The summed E-state index contributed by atoms with van der Waals surface area (Å²) in [4.78, 5) is 102. The molecule has 15 nitrogen and oxygen atoms in total. The first kappa shape index (κ1) is 50.1. The van der Waals surface area contributed by atoms with Gasteiger partial charge in [-0.1, -0.05) is 82.5 Å². The average Bonchev–Trinajstić information content (AvgIpc) is 3.19. The summed E-state index contributed by atoms with van der Waals surface area (Å²) in [5, 5.41) is 37.2. The van der Waals surface area contributed by atoms with Crippen molar-refractivity contribution in [2.75, 3.05) is 6.61 Å². The Morgan fingerprint density at radius 2 is 1.32 bits per heavy atom. The van der Waals surface area contributed by atoms with Crippen molar-refractivity contribution in [2.45, 2.75) is 129 Å². The first-order valence-corrected chi connectivity index (χ1v) is 20.2. The normalized spacial score (nSPS) is 14.7. The van der Waals surface area contributed by atoms with Crippen LogP contribution in [0.15, 0.2) is 48.5 Å². The minimum atomic E-state index is -1.44. The molecule has 4 amide bonds. The summed E-state index contributed by atoms with van der Waals surface area (Å²) in [7, 11) is 0. The second-order valence-electron chi connectivity index (χ2n) is 15.6. The smallest absolute Gasteiger partial charge is 0.289 e. The molecule has 0 saturated heterocycles. The third kappa shape index (κ3) is 17.0. The molecule has 0 spiro atoms. The van der Waals surface area contributed by atoms with E-state index in [2.05, 4.69) is 35.0 Å². The molecule has 0 saturated carbocycles. The predicted molar refractivity (Wildman–Crippen MR) is 223 cm³/mol. The molecule has 0 aromatic heterocycles. The predicted octanol–water partition coefficient (Wildman–Crippen LogP) is 2.52. The minimum absolute atomic E-state index is 0.136. The zero-order chi connectivity index (χ0) is 44.4. The fourth-order valence-electron chi connectivity index (χ4n) is 6.17. The van der Waals surface area contributed by atoms with E-state index in [1.807, 2.05) is 24.3 Å². The Morgan fingerprint density at radius 3 is 1.85 bits per heavy atom. The molecule has 59 heavy (non-hydrogen) atoms. The molecule has 8 N–H and O–H groups in total. The van der Waals surface area contributed by atoms with Gasteiger partial charge in [0.15, 0.2) is 23.1 Å². The first-order valence-electron chi connectivity index (χ1n) is 20.2. The van der Waals surface area contributed by atoms with Gasteiger partial charge in [-0.25, -0.2) is 0 Å². The number of unbranched alkanes of at least 4 members (excludes halogenated alkanes) is 1. The summed E-state index contributed by atoms with van der Waals surface area (Å²) < 4.78 is 0. The van der Waals surface area contributed by atoms with Gasteiger partial charge in [0, 0.05) is 43.6 Å². The molecule has 0 aliphatic carbocycles. The average molecular weight is 821 g/mol. The number of nitrogens with two attached hydrogens (primary N) is 1. The summed E-state index contributed by atoms with van der Waals surface area (Å²) in [5.74, 6) is -7.86. The Labute approximate surface area is 346 Å².